The van der Waals surface area contributed by atoms with Crippen molar-refractivity contribution in [1.29, 1.82) is 0 Å². The molecule has 0 radical (unpaired) electrons. The molecule has 0 fully saturated rings. The quantitative estimate of drug-likeness (QED) is 0.724. The lowest BCUT2D eigenvalue weighted by molar-refractivity contribution is -0.128. The fourth-order valence-electron chi connectivity index (χ4n) is 2.03. The highest BCUT2D eigenvalue weighted by Gasteiger charge is 2.13. The molecule has 2 aromatic rings. The number of carbonyl (C=O) groups excluding carboxylic acids is 1. The van der Waals surface area contributed by atoms with Crippen molar-refractivity contribution in [2.75, 3.05) is 18.8 Å². The second-order valence-corrected chi connectivity index (χ2v) is 6.87. The van der Waals surface area contributed by atoms with E-state index in [0.29, 0.717) is 5.75 Å². The number of thiazole rings is 1. The van der Waals surface area contributed by atoms with E-state index in [9.17, 15) is 4.79 Å². The minimum atomic E-state index is 0.220. The molecule has 1 aromatic heterocycles. The second-order valence-electron chi connectivity index (χ2n) is 4.62. The third kappa shape index (κ3) is 3.96. The van der Waals surface area contributed by atoms with E-state index in [2.05, 4.69) is 24.9 Å². The van der Waals surface area contributed by atoms with E-state index in [1.165, 1.54) is 4.70 Å². The lowest BCUT2D eigenvalue weighted by atomic mass is 10.3. The summed E-state index contributed by atoms with van der Waals surface area (Å²) in [6.45, 7) is 5.92. The number of amides is 1. The summed E-state index contributed by atoms with van der Waals surface area (Å²) in [4.78, 5) is 18.7. The number of fused-ring (bicyclic) bond motifs is 1. The minimum Gasteiger partial charge on any atom is -0.342 e. The van der Waals surface area contributed by atoms with Crippen molar-refractivity contribution in [3.63, 3.8) is 0 Å². The Labute approximate surface area is 128 Å². The van der Waals surface area contributed by atoms with Crippen molar-refractivity contribution < 1.29 is 4.79 Å². The molecular weight excluding hydrogens is 288 g/mol. The standard InChI is InChI=1S/C15H20N2OS2/c1-3-9-17(10-4-2)14(18)11-19-15-16-12-7-5-6-8-13(12)20-15/h5-8H,3-4,9-11H2,1-2H3. The highest BCUT2D eigenvalue weighted by atomic mass is 32.2. The van der Waals surface area contributed by atoms with E-state index in [1.807, 2.05) is 23.1 Å². The van der Waals surface area contributed by atoms with Crippen LogP contribution >= 0.6 is 23.1 Å². The first-order valence-electron chi connectivity index (χ1n) is 7.00. The van der Waals surface area contributed by atoms with Crippen LogP contribution in [0.3, 0.4) is 0 Å². The molecule has 5 heteroatoms. The van der Waals surface area contributed by atoms with Gasteiger partial charge >= 0.3 is 0 Å². The molecule has 0 atom stereocenters. The summed E-state index contributed by atoms with van der Waals surface area (Å²) in [5.74, 6) is 0.706. The highest BCUT2D eigenvalue weighted by molar-refractivity contribution is 8.01. The van der Waals surface area contributed by atoms with Crippen LogP contribution in [0.15, 0.2) is 28.6 Å². The first kappa shape index (κ1) is 15.3. The molecule has 0 bridgehead atoms. The molecular formula is C15H20N2OS2. The van der Waals surface area contributed by atoms with E-state index >= 15 is 0 Å². The normalized spacial score (nSPS) is 10.9. The first-order valence-corrected chi connectivity index (χ1v) is 8.81. The van der Waals surface area contributed by atoms with Gasteiger partial charge in [0.05, 0.1) is 16.0 Å². The lowest BCUT2D eigenvalue weighted by Gasteiger charge is -2.20. The van der Waals surface area contributed by atoms with Gasteiger partial charge in [0.1, 0.15) is 0 Å². The number of benzene rings is 1. The highest BCUT2D eigenvalue weighted by Crippen LogP contribution is 2.29. The monoisotopic (exact) mass is 308 g/mol. The Bertz CT molecular complexity index is 529. The van der Waals surface area contributed by atoms with Gasteiger partial charge in [-0.15, -0.1) is 11.3 Å². The van der Waals surface area contributed by atoms with Gasteiger partial charge in [-0.05, 0) is 25.0 Å². The molecule has 0 N–H and O–H groups in total. The summed E-state index contributed by atoms with van der Waals surface area (Å²) in [6, 6.07) is 8.09. The van der Waals surface area contributed by atoms with Crippen LogP contribution < -0.4 is 0 Å². The van der Waals surface area contributed by atoms with E-state index in [1.54, 1.807) is 23.1 Å². The fraction of sp³-hybridized carbons (Fsp3) is 0.467. The molecule has 0 saturated heterocycles. The minimum absolute atomic E-state index is 0.220. The summed E-state index contributed by atoms with van der Waals surface area (Å²) in [5, 5.41) is 0. The molecule has 108 valence electrons. The van der Waals surface area contributed by atoms with E-state index in [0.717, 1.165) is 35.8 Å². The number of carbonyl (C=O) groups is 1. The van der Waals surface area contributed by atoms with Crippen LogP contribution in [0.5, 0.6) is 0 Å². The van der Waals surface area contributed by atoms with Gasteiger partial charge in [-0.3, -0.25) is 4.79 Å². The van der Waals surface area contributed by atoms with Crippen molar-refractivity contribution in [1.82, 2.24) is 9.88 Å². The number of hydrogen-bond donors (Lipinski definition) is 0. The van der Waals surface area contributed by atoms with Crippen molar-refractivity contribution >= 4 is 39.2 Å². The van der Waals surface area contributed by atoms with E-state index in [4.69, 9.17) is 0 Å². The van der Waals surface area contributed by atoms with Gasteiger partial charge in [-0.1, -0.05) is 37.7 Å². The number of hydrogen-bond acceptors (Lipinski definition) is 4. The van der Waals surface area contributed by atoms with E-state index < -0.39 is 0 Å². The van der Waals surface area contributed by atoms with Gasteiger partial charge in [0.15, 0.2) is 4.34 Å². The third-order valence-corrected chi connectivity index (χ3v) is 5.10. The number of para-hydroxylation sites is 1. The van der Waals surface area contributed by atoms with Gasteiger partial charge < -0.3 is 4.90 Å². The van der Waals surface area contributed by atoms with Crippen LogP contribution in [-0.2, 0) is 4.79 Å². The maximum absolute atomic E-state index is 12.2. The average Bonchev–Trinajstić information content (AvgIpc) is 2.87. The van der Waals surface area contributed by atoms with Crippen LogP contribution in [0.25, 0.3) is 10.2 Å². The molecule has 0 aliphatic heterocycles. The summed E-state index contributed by atoms with van der Waals surface area (Å²) < 4.78 is 2.16. The van der Waals surface area contributed by atoms with Gasteiger partial charge in [-0.25, -0.2) is 4.98 Å². The maximum atomic E-state index is 12.2. The van der Waals surface area contributed by atoms with Crippen LogP contribution in [-0.4, -0.2) is 34.6 Å². The molecule has 1 heterocycles. The molecule has 0 aliphatic rings. The zero-order valence-electron chi connectivity index (χ0n) is 12.0. The van der Waals surface area contributed by atoms with Crippen molar-refractivity contribution in [3.8, 4) is 0 Å². The van der Waals surface area contributed by atoms with Crippen LogP contribution in [0.2, 0.25) is 0 Å². The molecule has 0 saturated carbocycles. The Hall–Kier alpha value is -1.07. The largest absolute Gasteiger partial charge is 0.342 e. The molecule has 3 nitrogen and oxygen atoms in total. The SMILES string of the molecule is CCCN(CCC)C(=O)CSc1nc2ccccc2s1. The Morgan fingerprint density at radius 3 is 2.60 bits per heavy atom. The number of aromatic nitrogens is 1. The van der Waals surface area contributed by atoms with Crippen molar-refractivity contribution in [2.45, 2.75) is 31.0 Å². The molecule has 20 heavy (non-hydrogen) atoms. The summed E-state index contributed by atoms with van der Waals surface area (Å²) in [6.07, 6.45) is 2.02. The summed E-state index contributed by atoms with van der Waals surface area (Å²) in [5.41, 5.74) is 1.02. The first-order chi connectivity index (χ1) is 9.74. The fourth-order valence-corrected chi connectivity index (χ4v) is 4.00. The van der Waals surface area contributed by atoms with Crippen LogP contribution in [0, 0.1) is 0 Å². The maximum Gasteiger partial charge on any atom is 0.233 e. The second kappa shape index (κ2) is 7.64. The average molecular weight is 308 g/mol. The Balaban J connectivity index is 1.94. The number of nitrogens with zero attached hydrogens (tertiary/aromatic N) is 2. The van der Waals surface area contributed by atoms with E-state index in [-0.39, 0.29) is 5.91 Å². The molecule has 0 spiro atoms. The molecule has 2 rings (SSSR count). The third-order valence-electron chi connectivity index (χ3n) is 2.93. The molecule has 0 unspecified atom stereocenters. The van der Waals surface area contributed by atoms with Crippen LogP contribution in [0.4, 0.5) is 0 Å². The van der Waals surface area contributed by atoms with Crippen LogP contribution in [0.1, 0.15) is 26.7 Å². The topological polar surface area (TPSA) is 33.2 Å². The molecule has 0 aliphatic carbocycles. The molecule has 1 aromatic carbocycles. The van der Waals surface area contributed by atoms with Gasteiger partial charge in [0.2, 0.25) is 5.91 Å². The Morgan fingerprint density at radius 1 is 1.25 bits per heavy atom. The van der Waals surface area contributed by atoms with Crippen molar-refractivity contribution in [2.24, 2.45) is 0 Å². The van der Waals surface area contributed by atoms with Gasteiger partial charge in [-0.2, -0.15) is 0 Å². The number of rotatable bonds is 7. The predicted octanol–water partition coefficient (Wildman–Crippen LogP) is 4.04. The lowest BCUT2D eigenvalue weighted by Crippen LogP contribution is -2.33. The smallest absolute Gasteiger partial charge is 0.233 e. The zero-order valence-corrected chi connectivity index (χ0v) is 13.6. The zero-order chi connectivity index (χ0) is 14.4. The molecule has 1 amide bonds. The summed E-state index contributed by atoms with van der Waals surface area (Å²) >= 11 is 3.21. The van der Waals surface area contributed by atoms with Gasteiger partial charge in [0, 0.05) is 13.1 Å². The van der Waals surface area contributed by atoms with Gasteiger partial charge in [0.25, 0.3) is 0 Å². The Morgan fingerprint density at radius 2 is 1.95 bits per heavy atom. The Kier molecular flexibility index (Phi) is 5.86. The predicted molar refractivity (Wildman–Crippen MR) is 87.5 cm³/mol. The van der Waals surface area contributed by atoms with Crippen molar-refractivity contribution in [3.05, 3.63) is 24.3 Å². The number of thioether (sulfide) groups is 1. The summed E-state index contributed by atoms with van der Waals surface area (Å²) in [7, 11) is 0.